The van der Waals surface area contributed by atoms with E-state index in [1.165, 1.54) is 11.0 Å². The number of hydrogen-bond acceptors (Lipinski definition) is 4. The molecule has 1 aromatic carbocycles. The van der Waals surface area contributed by atoms with E-state index in [0.717, 1.165) is 28.7 Å². The standard InChI is InChI=1S/C20H21NO5/c1-4-15-13(20(23)24)10-18(26-15)19(22)21(3)11-14-12-8-6-7-9-17(12)25-16(14)5-2/h6-10H,4-5,11H2,1-3H3,(H,23,24). The Hall–Kier alpha value is -3.02. The van der Waals surface area contributed by atoms with Crippen LogP contribution < -0.4 is 0 Å². The molecule has 6 nitrogen and oxygen atoms in total. The molecular weight excluding hydrogens is 334 g/mol. The number of para-hydroxylation sites is 1. The third-order valence-electron chi connectivity index (χ3n) is 4.42. The summed E-state index contributed by atoms with van der Waals surface area (Å²) in [5, 5.41) is 10.2. The zero-order chi connectivity index (χ0) is 18.8. The highest BCUT2D eigenvalue weighted by molar-refractivity contribution is 5.96. The van der Waals surface area contributed by atoms with Crippen molar-refractivity contribution in [3.63, 3.8) is 0 Å². The Morgan fingerprint density at radius 3 is 2.38 bits per heavy atom. The Bertz CT molecular complexity index is 966. The first-order valence-electron chi connectivity index (χ1n) is 8.56. The summed E-state index contributed by atoms with van der Waals surface area (Å²) in [7, 11) is 1.66. The minimum absolute atomic E-state index is 0.0345. The molecule has 0 aliphatic rings. The number of fused-ring (bicyclic) bond motifs is 1. The normalized spacial score (nSPS) is 11.0. The van der Waals surface area contributed by atoms with Crippen LogP contribution in [0.15, 0.2) is 39.2 Å². The molecule has 0 saturated heterocycles. The molecule has 2 heterocycles. The third-order valence-corrected chi connectivity index (χ3v) is 4.42. The largest absolute Gasteiger partial charge is 0.478 e. The average Bonchev–Trinajstić information content (AvgIpc) is 3.22. The number of carbonyl (C=O) groups is 2. The molecule has 136 valence electrons. The lowest BCUT2D eigenvalue weighted by Gasteiger charge is -2.16. The van der Waals surface area contributed by atoms with Gasteiger partial charge in [-0.15, -0.1) is 0 Å². The van der Waals surface area contributed by atoms with Gasteiger partial charge in [-0.3, -0.25) is 4.79 Å². The van der Waals surface area contributed by atoms with Gasteiger partial charge < -0.3 is 18.8 Å². The van der Waals surface area contributed by atoms with Crippen LogP contribution in [0.4, 0.5) is 0 Å². The fourth-order valence-corrected chi connectivity index (χ4v) is 3.08. The molecule has 0 saturated carbocycles. The highest BCUT2D eigenvalue weighted by Gasteiger charge is 2.24. The number of nitrogens with zero attached hydrogens (tertiary/aromatic N) is 1. The van der Waals surface area contributed by atoms with E-state index >= 15 is 0 Å². The lowest BCUT2D eigenvalue weighted by molar-refractivity contribution is 0.0692. The Balaban J connectivity index is 1.90. The number of aryl methyl sites for hydroxylation is 2. The second-order valence-electron chi connectivity index (χ2n) is 6.12. The molecule has 3 rings (SSSR count). The van der Waals surface area contributed by atoms with E-state index in [4.69, 9.17) is 8.83 Å². The number of furan rings is 2. The summed E-state index contributed by atoms with van der Waals surface area (Å²) in [5.41, 5.74) is 1.78. The van der Waals surface area contributed by atoms with Crippen LogP contribution in [0, 0.1) is 0 Å². The molecule has 3 aromatic rings. The summed E-state index contributed by atoms with van der Waals surface area (Å²) in [6.45, 7) is 4.14. The fourth-order valence-electron chi connectivity index (χ4n) is 3.08. The second kappa shape index (κ2) is 7.07. The molecule has 2 aromatic heterocycles. The Kier molecular flexibility index (Phi) is 4.84. The maximum absolute atomic E-state index is 12.7. The first kappa shape index (κ1) is 17.8. The van der Waals surface area contributed by atoms with Gasteiger partial charge in [0, 0.05) is 43.5 Å². The summed E-state index contributed by atoms with van der Waals surface area (Å²) in [6, 6.07) is 9.01. The van der Waals surface area contributed by atoms with Crippen LogP contribution in [0.2, 0.25) is 0 Å². The monoisotopic (exact) mass is 355 g/mol. The van der Waals surface area contributed by atoms with Crippen molar-refractivity contribution in [1.29, 1.82) is 0 Å². The second-order valence-corrected chi connectivity index (χ2v) is 6.12. The van der Waals surface area contributed by atoms with E-state index in [1.807, 2.05) is 31.2 Å². The quantitative estimate of drug-likeness (QED) is 0.719. The van der Waals surface area contributed by atoms with Gasteiger partial charge in [-0.2, -0.15) is 0 Å². The van der Waals surface area contributed by atoms with Crippen molar-refractivity contribution >= 4 is 22.8 Å². The molecule has 0 unspecified atom stereocenters. The van der Waals surface area contributed by atoms with Gasteiger partial charge in [-0.25, -0.2) is 4.79 Å². The predicted molar refractivity (Wildman–Crippen MR) is 96.4 cm³/mol. The van der Waals surface area contributed by atoms with Crippen LogP contribution in [-0.4, -0.2) is 28.9 Å². The van der Waals surface area contributed by atoms with Gasteiger partial charge in [0.15, 0.2) is 5.76 Å². The summed E-state index contributed by atoms with van der Waals surface area (Å²) in [6.07, 6.45) is 1.13. The molecule has 0 radical (unpaired) electrons. The molecule has 0 bridgehead atoms. The third kappa shape index (κ3) is 3.10. The SMILES string of the molecule is CCc1oc(C(=O)N(C)Cc2c(CC)oc3ccccc23)cc1C(=O)O. The van der Waals surface area contributed by atoms with Crippen LogP contribution in [0.3, 0.4) is 0 Å². The van der Waals surface area contributed by atoms with E-state index in [9.17, 15) is 14.7 Å². The lowest BCUT2D eigenvalue weighted by atomic mass is 10.1. The highest BCUT2D eigenvalue weighted by Crippen LogP contribution is 2.28. The number of hydrogen-bond donors (Lipinski definition) is 1. The van der Waals surface area contributed by atoms with Crippen LogP contribution in [0.1, 0.15) is 51.8 Å². The minimum Gasteiger partial charge on any atom is -0.478 e. The predicted octanol–water partition coefficient (Wildman–Crippen LogP) is 4.12. The number of benzene rings is 1. The summed E-state index contributed by atoms with van der Waals surface area (Å²) >= 11 is 0. The van der Waals surface area contributed by atoms with Gasteiger partial charge in [-0.05, 0) is 6.07 Å². The molecule has 6 heteroatoms. The molecule has 26 heavy (non-hydrogen) atoms. The van der Waals surface area contributed by atoms with Crippen LogP contribution in [0.5, 0.6) is 0 Å². The van der Waals surface area contributed by atoms with Gasteiger partial charge in [-0.1, -0.05) is 32.0 Å². The molecular formula is C20H21NO5. The van der Waals surface area contributed by atoms with E-state index < -0.39 is 5.97 Å². The first-order valence-corrected chi connectivity index (χ1v) is 8.56. The zero-order valence-corrected chi connectivity index (χ0v) is 15.0. The smallest absolute Gasteiger partial charge is 0.339 e. The fraction of sp³-hybridized carbons (Fsp3) is 0.300. The maximum Gasteiger partial charge on any atom is 0.339 e. The summed E-state index contributed by atoms with van der Waals surface area (Å²) in [5.74, 6) is -0.281. The van der Waals surface area contributed by atoms with Gasteiger partial charge in [0.1, 0.15) is 22.7 Å². The number of carboxylic acid groups (broad SMARTS) is 1. The Labute approximate surface area is 151 Å². The summed E-state index contributed by atoms with van der Waals surface area (Å²) < 4.78 is 11.3. The molecule has 0 fully saturated rings. The van der Waals surface area contributed by atoms with Crippen LogP contribution in [-0.2, 0) is 19.4 Å². The first-order chi connectivity index (χ1) is 12.5. The molecule has 0 spiro atoms. The van der Waals surface area contributed by atoms with Gasteiger partial charge in [0.05, 0.1) is 0 Å². The minimum atomic E-state index is -1.10. The molecule has 1 amide bonds. The molecule has 1 N–H and O–H groups in total. The maximum atomic E-state index is 12.7. The zero-order valence-electron chi connectivity index (χ0n) is 15.0. The summed E-state index contributed by atoms with van der Waals surface area (Å²) in [4.78, 5) is 25.5. The van der Waals surface area contributed by atoms with Crippen molar-refractivity contribution in [3.05, 3.63) is 58.7 Å². The molecule has 0 atom stereocenters. The number of carbonyl (C=O) groups excluding carboxylic acids is 1. The van der Waals surface area contributed by atoms with Crippen molar-refractivity contribution in [2.75, 3.05) is 7.05 Å². The molecule has 0 aliphatic heterocycles. The van der Waals surface area contributed by atoms with Gasteiger partial charge >= 0.3 is 5.97 Å². The van der Waals surface area contributed by atoms with Crippen LogP contribution >= 0.6 is 0 Å². The van der Waals surface area contributed by atoms with E-state index in [-0.39, 0.29) is 17.2 Å². The topological polar surface area (TPSA) is 83.9 Å². The van der Waals surface area contributed by atoms with E-state index in [0.29, 0.717) is 18.7 Å². The number of amides is 1. The van der Waals surface area contributed by atoms with Crippen molar-refractivity contribution in [2.24, 2.45) is 0 Å². The number of carboxylic acids is 1. The van der Waals surface area contributed by atoms with Gasteiger partial charge in [0.2, 0.25) is 0 Å². The Morgan fingerprint density at radius 2 is 1.77 bits per heavy atom. The van der Waals surface area contributed by atoms with Crippen LogP contribution in [0.25, 0.3) is 11.0 Å². The Morgan fingerprint density at radius 1 is 1.08 bits per heavy atom. The van der Waals surface area contributed by atoms with Crippen molar-refractivity contribution in [1.82, 2.24) is 4.90 Å². The lowest BCUT2D eigenvalue weighted by Crippen LogP contribution is -2.26. The van der Waals surface area contributed by atoms with Crippen molar-refractivity contribution < 1.29 is 23.5 Å². The number of aromatic carboxylic acids is 1. The molecule has 0 aliphatic carbocycles. The number of rotatable bonds is 6. The van der Waals surface area contributed by atoms with E-state index in [2.05, 4.69) is 0 Å². The van der Waals surface area contributed by atoms with Crippen molar-refractivity contribution in [3.8, 4) is 0 Å². The highest BCUT2D eigenvalue weighted by atomic mass is 16.4. The van der Waals surface area contributed by atoms with E-state index in [1.54, 1.807) is 14.0 Å². The van der Waals surface area contributed by atoms with Gasteiger partial charge in [0.25, 0.3) is 5.91 Å². The van der Waals surface area contributed by atoms with Crippen molar-refractivity contribution in [2.45, 2.75) is 33.2 Å². The average molecular weight is 355 g/mol.